The quantitative estimate of drug-likeness (QED) is 0.323. The van der Waals surface area contributed by atoms with Crippen LogP contribution in [0.5, 0.6) is 0 Å². The van der Waals surface area contributed by atoms with E-state index in [2.05, 4.69) is 0 Å². The summed E-state index contributed by atoms with van der Waals surface area (Å²) in [5, 5.41) is 24.0. The Labute approximate surface area is 229 Å². The molecule has 8 rings (SSSR count). The Morgan fingerprint density at radius 2 is 1.85 bits per heavy atom. The van der Waals surface area contributed by atoms with E-state index in [1.54, 1.807) is 26.8 Å². The number of esters is 2. The average Bonchev–Trinajstić information content (AvgIpc) is 3.19. The van der Waals surface area contributed by atoms with Gasteiger partial charge in [0.05, 0.1) is 34.8 Å². The lowest BCUT2D eigenvalue weighted by Gasteiger charge is -2.64. The van der Waals surface area contributed by atoms with E-state index in [0.29, 0.717) is 0 Å². The van der Waals surface area contributed by atoms with E-state index in [9.17, 15) is 29.4 Å². The summed E-state index contributed by atoms with van der Waals surface area (Å²) in [4.78, 5) is 54.3. The van der Waals surface area contributed by atoms with Crippen LogP contribution in [-0.4, -0.2) is 80.0 Å². The van der Waals surface area contributed by atoms with Crippen molar-refractivity contribution in [3.63, 3.8) is 0 Å². The smallest absolute Gasteiger partial charge is 0.342 e. The van der Waals surface area contributed by atoms with Crippen LogP contribution in [0.2, 0.25) is 0 Å². The minimum atomic E-state index is -2.28. The molecule has 2 spiro atoms. The van der Waals surface area contributed by atoms with Crippen molar-refractivity contribution in [2.24, 2.45) is 34.5 Å². The summed E-state index contributed by atoms with van der Waals surface area (Å²) in [5.74, 6) is -7.85. The molecule has 3 aliphatic carbocycles. The Kier molecular flexibility index (Phi) is 4.23. The number of hydrogen-bond donors (Lipinski definition) is 2. The van der Waals surface area contributed by atoms with Crippen LogP contribution in [0, 0.1) is 34.5 Å². The largest absolute Gasteiger partial charge is 0.458 e. The standard InChI is InChI=1S/C28H31ClO10/c1-22-10-17-24(3)28-18(22)19(32)27(39-28,36-11-14(22)20(33)37-17)13-9-16(31)25(29)7-4-5-15(30)23(25,2)12(13)6-8-26(28,35)21(34)38-24/h4-5,12-14,16-18,31,35H,6-11H2,1-3H3/t12-,13+,14-,16?,17+,18-,22+,23-,24-,25?,26+,27+,28-/m0/s1. The van der Waals surface area contributed by atoms with E-state index in [-0.39, 0.29) is 44.5 Å². The van der Waals surface area contributed by atoms with Crippen molar-refractivity contribution in [2.75, 3.05) is 6.61 Å². The lowest BCUT2D eigenvalue weighted by Crippen LogP contribution is -2.79. The monoisotopic (exact) mass is 562 g/mol. The molecule has 2 saturated carbocycles. The fraction of sp³-hybridized carbons (Fsp3) is 0.786. The first kappa shape index (κ1) is 24.9. The molecule has 0 aromatic heterocycles. The number of ketones is 2. The topological polar surface area (TPSA) is 146 Å². The van der Waals surface area contributed by atoms with Crippen molar-refractivity contribution in [3.8, 4) is 0 Å². The van der Waals surface area contributed by atoms with Gasteiger partial charge in [-0.05, 0) is 56.4 Å². The number of fused-ring (bicyclic) bond motifs is 5. The summed E-state index contributed by atoms with van der Waals surface area (Å²) in [5.41, 5.74) is -8.24. The highest BCUT2D eigenvalue weighted by atomic mass is 35.5. The van der Waals surface area contributed by atoms with Crippen molar-refractivity contribution in [1.82, 2.24) is 0 Å². The molecule has 2 unspecified atom stereocenters. The highest BCUT2D eigenvalue weighted by molar-refractivity contribution is 6.28. The maximum Gasteiger partial charge on any atom is 0.342 e. The SMILES string of the molecule is C[C@@]12C[C@H]3OC(=O)[C@@H]1CO[C@]14O[C@]5([C@H]2C1=O)[C@@](O)(CC[C@H]1[C@H]4CC(O)C2(Cl)CC=CC(=O)[C@]12C)C(=O)O[C@@]35C. The molecular weight excluding hydrogens is 532 g/mol. The van der Waals surface area contributed by atoms with Gasteiger partial charge in [0.2, 0.25) is 5.79 Å². The van der Waals surface area contributed by atoms with E-state index in [0.717, 1.165) is 0 Å². The number of alkyl halides is 1. The maximum absolute atomic E-state index is 14.9. The second kappa shape index (κ2) is 6.62. The molecule has 210 valence electrons. The fourth-order valence-corrected chi connectivity index (χ4v) is 10.9. The summed E-state index contributed by atoms with van der Waals surface area (Å²) >= 11 is 7.12. The third-order valence-corrected chi connectivity index (χ3v) is 13.4. The number of hydrogen-bond acceptors (Lipinski definition) is 10. The molecular formula is C28H31ClO10. The summed E-state index contributed by atoms with van der Waals surface area (Å²) in [6.45, 7) is 4.87. The molecule has 0 radical (unpaired) electrons. The zero-order valence-corrected chi connectivity index (χ0v) is 22.7. The van der Waals surface area contributed by atoms with Gasteiger partial charge in [-0.25, -0.2) is 4.79 Å². The van der Waals surface area contributed by atoms with Crippen LogP contribution in [0.4, 0.5) is 0 Å². The number of Topliss-reactive ketones (excluding diaryl/α,β-unsaturated/α-hetero) is 1. The van der Waals surface area contributed by atoms with Gasteiger partial charge < -0.3 is 29.2 Å². The Balaban J connectivity index is 1.43. The van der Waals surface area contributed by atoms with Crippen molar-refractivity contribution >= 4 is 35.1 Å². The number of allylic oxidation sites excluding steroid dienone is 2. The lowest BCUT2D eigenvalue weighted by atomic mass is 9.46. The molecule has 0 aromatic rings. The molecule has 0 amide bonds. The van der Waals surface area contributed by atoms with Gasteiger partial charge in [0.25, 0.3) is 0 Å². The van der Waals surface area contributed by atoms with E-state index < -0.39 is 91.9 Å². The average molecular weight is 563 g/mol. The molecule has 13 atom stereocenters. The minimum absolute atomic E-state index is 0.00137. The number of aliphatic hydroxyl groups excluding tert-OH is 1. The third-order valence-electron chi connectivity index (χ3n) is 12.6. The zero-order valence-electron chi connectivity index (χ0n) is 21.9. The van der Waals surface area contributed by atoms with Gasteiger partial charge in [-0.15, -0.1) is 11.6 Å². The summed E-state index contributed by atoms with van der Waals surface area (Å²) < 4.78 is 25.0. The van der Waals surface area contributed by atoms with Gasteiger partial charge in [0, 0.05) is 5.92 Å². The predicted molar refractivity (Wildman–Crippen MR) is 129 cm³/mol. The van der Waals surface area contributed by atoms with Crippen LogP contribution in [0.1, 0.15) is 52.9 Å². The second-order valence-electron chi connectivity index (χ2n) is 13.7. The Hall–Kier alpha value is -1.85. The lowest BCUT2D eigenvalue weighted by molar-refractivity contribution is -0.378. The third kappa shape index (κ3) is 2.15. The van der Waals surface area contributed by atoms with E-state index in [1.165, 1.54) is 6.08 Å². The summed E-state index contributed by atoms with van der Waals surface area (Å²) in [6.07, 6.45) is 1.39. The minimum Gasteiger partial charge on any atom is -0.458 e. The molecule has 8 aliphatic rings. The van der Waals surface area contributed by atoms with Crippen molar-refractivity contribution in [2.45, 2.75) is 92.5 Å². The number of carbonyl (C=O) groups excluding carboxylic acids is 4. The van der Waals surface area contributed by atoms with Gasteiger partial charge in [-0.1, -0.05) is 19.9 Å². The molecule has 0 aromatic carbocycles. The van der Waals surface area contributed by atoms with Gasteiger partial charge in [0.1, 0.15) is 6.10 Å². The highest BCUT2D eigenvalue weighted by Crippen LogP contribution is 2.75. The van der Waals surface area contributed by atoms with Crippen molar-refractivity contribution in [1.29, 1.82) is 0 Å². The molecule has 5 saturated heterocycles. The zero-order chi connectivity index (χ0) is 27.8. The normalized spacial score (nSPS) is 62.0. The van der Waals surface area contributed by atoms with Crippen LogP contribution in [0.15, 0.2) is 12.2 Å². The number of rotatable bonds is 0. The first-order chi connectivity index (χ1) is 18.2. The molecule has 10 nitrogen and oxygen atoms in total. The molecule has 39 heavy (non-hydrogen) atoms. The van der Waals surface area contributed by atoms with E-state index in [1.807, 2.05) is 0 Å². The van der Waals surface area contributed by atoms with Gasteiger partial charge in [-0.2, -0.15) is 0 Å². The number of aliphatic hydroxyl groups is 2. The van der Waals surface area contributed by atoms with Crippen LogP contribution in [0.3, 0.4) is 0 Å². The molecule has 5 aliphatic heterocycles. The van der Waals surface area contributed by atoms with Gasteiger partial charge >= 0.3 is 11.9 Å². The second-order valence-corrected chi connectivity index (χ2v) is 14.4. The van der Waals surface area contributed by atoms with Crippen LogP contribution >= 0.6 is 11.6 Å². The van der Waals surface area contributed by atoms with Gasteiger partial charge in [0.15, 0.2) is 28.4 Å². The fourth-order valence-electron chi connectivity index (χ4n) is 10.5. The molecule has 11 heteroatoms. The molecule has 7 fully saturated rings. The number of ether oxygens (including phenoxy) is 4. The summed E-state index contributed by atoms with van der Waals surface area (Å²) in [7, 11) is 0. The van der Waals surface area contributed by atoms with Gasteiger partial charge in [-0.3, -0.25) is 14.4 Å². The molecule has 5 bridgehead atoms. The maximum atomic E-state index is 14.9. The van der Waals surface area contributed by atoms with Crippen molar-refractivity contribution in [3.05, 3.63) is 12.2 Å². The Bertz CT molecular complexity index is 1330. The number of halogens is 1. The van der Waals surface area contributed by atoms with E-state index in [4.69, 9.17) is 30.5 Å². The molecule has 5 heterocycles. The molecule has 2 N–H and O–H groups in total. The predicted octanol–water partition coefficient (Wildman–Crippen LogP) is 0.969. The first-order valence-electron chi connectivity index (χ1n) is 13.8. The van der Waals surface area contributed by atoms with Crippen molar-refractivity contribution < 1.29 is 48.3 Å². The van der Waals surface area contributed by atoms with Crippen LogP contribution in [-0.2, 0) is 38.1 Å². The Morgan fingerprint density at radius 3 is 2.59 bits per heavy atom. The number of carbonyl (C=O) groups is 4. The Morgan fingerprint density at radius 1 is 1.10 bits per heavy atom. The van der Waals surface area contributed by atoms with Crippen LogP contribution < -0.4 is 0 Å². The van der Waals surface area contributed by atoms with Crippen LogP contribution in [0.25, 0.3) is 0 Å². The summed E-state index contributed by atoms with van der Waals surface area (Å²) in [6, 6.07) is 0. The first-order valence-corrected chi connectivity index (χ1v) is 14.2. The van der Waals surface area contributed by atoms with E-state index >= 15 is 0 Å². The highest BCUT2D eigenvalue weighted by Gasteiger charge is 2.93.